The molecule has 0 spiro atoms. The predicted octanol–water partition coefficient (Wildman–Crippen LogP) is 3.40. The molecule has 2 aromatic carbocycles. The summed E-state index contributed by atoms with van der Waals surface area (Å²) in [5.41, 5.74) is 15.3. The topological polar surface area (TPSA) is 91.9 Å². The van der Waals surface area contributed by atoms with Crippen molar-refractivity contribution in [2.45, 2.75) is 0 Å². The lowest BCUT2D eigenvalue weighted by atomic mass is 10.0. The summed E-state index contributed by atoms with van der Waals surface area (Å²) in [5, 5.41) is 3.66. The first kappa shape index (κ1) is 13.3. The second-order valence-corrected chi connectivity index (χ2v) is 3.21. The Morgan fingerprint density at radius 3 is 2.22 bits per heavy atom. The van der Waals surface area contributed by atoms with E-state index in [4.69, 9.17) is 10.3 Å². The average Bonchev–Trinajstić information content (AvgIpc) is 2.42. The van der Waals surface area contributed by atoms with Crippen LogP contribution in [0.3, 0.4) is 0 Å². The summed E-state index contributed by atoms with van der Waals surface area (Å²) in [5.74, 6) is 0. The van der Waals surface area contributed by atoms with E-state index >= 15 is 0 Å². The fraction of sp³-hybridized carbons (Fsp3) is 0. The molecule has 1 amide bonds. The van der Waals surface area contributed by atoms with Crippen LogP contribution < -0.4 is 5.73 Å². The van der Waals surface area contributed by atoms with E-state index in [2.05, 4.69) is 15.8 Å². The summed E-state index contributed by atoms with van der Waals surface area (Å²) in [6.45, 7) is 0. The van der Waals surface area contributed by atoms with Crippen molar-refractivity contribution in [3.63, 3.8) is 0 Å². The van der Waals surface area contributed by atoms with Crippen molar-refractivity contribution in [1.82, 2.24) is 0 Å². The van der Waals surface area contributed by atoms with Crippen molar-refractivity contribution < 1.29 is 4.79 Å². The first-order valence-electron chi connectivity index (χ1n) is 5.18. The smallest absolute Gasteiger partial charge is 0.204 e. The Morgan fingerprint density at radius 1 is 1.06 bits per heavy atom. The summed E-state index contributed by atoms with van der Waals surface area (Å²) >= 11 is 0. The zero-order valence-electron chi connectivity index (χ0n) is 9.60. The van der Waals surface area contributed by atoms with Gasteiger partial charge in [-0.05, 0) is 16.7 Å². The molecule has 0 radical (unpaired) electrons. The maximum absolute atomic E-state index is 8.58. The van der Waals surface area contributed by atoms with E-state index in [9.17, 15) is 0 Å². The Bertz CT molecular complexity index is 548. The minimum Gasteiger partial charge on any atom is -0.372 e. The van der Waals surface area contributed by atoms with Crippen molar-refractivity contribution in [1.29, 1.82) is 0 Å². The van der Waals surface area contributed by atoms with Crippen LogP contribution in [0.25, 0.3) is 21.6 Å². The Hall–Kier alpha value is -2.78. The molecule has 0 aliphatic carbocycles. The number of carbonyl (C=O) groups is 1. The van der Waals surface area contributed by atoms with Crippen molar-refractivity contribution in [3.05, 3.63) is 65.0 Å². The number of primary amides is 1. The van der Waals surface area contributed by atoms with Gasteiger partial charge in [-0.2, -0.15) is 0 Å². The Kier molecular flexibility index (Phi) is 5.53. The van der Waals surface area contributed by atoms with Crippen LogP contribution in [0.1, 0.15) is 0 Å². The molecular weight excluding hydrogens is 228 g/mol. The number of azide groups is 1. The predicted molar refractivity (Wildman–Crippen MR) is 70.9 cm³/mol. The molecule has 0 fully saturated rings. The monoisotopic (exact) mass is 240 g/mol. The van der Waals surface area contributed by atoms with Crippen LogP contribution >= 0.6 is 0 Å². The highest BCUT2D eigenvalue weighted by Gasteiger charge is 2.00. The number of hydrogen-bond donors (Lipinski definition) is 1. The van der Waals surface area contributed by atoms with Crippen LogP contribution in [0.4, 0.5) is 5.69 Å². The number of nitrogens with zero attached hydrogens (tertiary/aromatic N) is 3. The van der Waals surface area contributed by atoms with E-state index in [0.717, 1.165) is 11.1 Å². The third kappa shape index (κ3) is 3.66. The number of carbonyl (C=O) groups excluding carboxylic acids is 1. The first-order chi connectivity index (χ1) is 8.83. The molecule has 0 saturated carbocycles. The molecule has 0 aliphatic rings. The highest BCUT2D eigenvalue weighted by atomic mass is 16.1. The Morgan fingerprint density at radius 2 is 1.61 bits per heavy atom. The van der Waals surface area contributed by atoms with E-state index in [1.807, 2.05) is 54.6 Å². The van der Waals surface area contributed by atoms with Crippen molar-refractivity contribution in [2.75, 3.05) is 0 Å². The third-order valence-electron chi connectivity index (χ3n) is 2.14. The van der Waals surface area contributed by atoms with Gasteiger partial charge in [0.05, 0.1) is 0 Å². The molecule has 5 heteroatoms. The van der Waals surface area contributed by atoms with Gasteiger partial charge >= 0.3 is 0 Å². The number of amides is 1. The number of hydrogen-bond acceptors (Lipinski definition) is 2. The van der Waals surface area contributed by atoms with Crippen LogP contribution in [-0.2, 0) is 4.79 Å². The molecule has 5 nitrogen and oxygen atoms in total. The molecule has 2 rings (SSSR count). The molecule has 2 N–H and O–H groups in total. The molecule has 0 aromatic heterocycles. The fourth-order valence-corrected chi connectivity index (χ4v) is 1.47. The second kappa shape index (κ2) is 7.49. The lowest BCUT2D eigenvalue weighted by Crippen LogP contribution is -1.82. The van der Waals surface area contributed by atoms with Gasteiger partial charge in [0.15, 0.2) is 0 Å². The van der Waals surface area contributed by atoms with Gasteiger partial charge in [-0.3, -0.25) is 4.79 Å². The lowest BCUT2D eigenvalue weighted by molar-refractivity contribution is -0.106. The molecule has 0 saturated heterocycles. The molecule has 0 heterocycles. The number of rotatable bonds is 2. The molecule has 0 bridgehead atoms. The van der Waals surface area contributed by atoms with Gasteiger partial charge in [-0.1, -0.05) is 59.7 Å². The van der Waals surface area contributed by atoms with Gasteiger partial charge in [0.1, 0.15) is 0 Å². The largest absolute Gasteiger partial charge is 0.372 e. The summed E-state index contributed by atoms with van der Waals surface area (Å²) in [7, 11) is 0. The zero-order chi connectivity index (χ0) is 13.2. The number of nitrogens with two attached hydrogens (primary N) is 1. The molecule has 18 heavy (non-hydrogen) atoms. The van der Waals surface area contributed by atoms with Gasteiger partial charge in [0, 0.05) is 10.6 Å². The minimum atomic E-state index is 0.250. The van der Waals surface area contributed by atoms with Gasteiger partial charge in [0.2, 0.25) is 6.41 Å². The molecule has 0 unspecified atom stereocenters. The molecule has 0 atom stereocenters. The van der Waals surface area contributed by atoms with E-state index in [1.54, 1.807) is 0 Å². The summed E-state index contributed by atoms with van der Waals surface area (Å²) in [6.07, 6.45) is 0.250. The maximum Gasteiger partial charge on any atom is 0.204 e. The summed E-state index contributed by atoms with van der Waals surface area (Å²) < 4.78 is 0. The first-order valence-corrected chi connectivity index (χ1v) is 5.18. The fourth-order valence-electron chi connectivity index (χ4n) is 1.47. The Balaban J connectivity index is 0.000000492. The second-order valence-electron chi connectivity index (χ2n) is 3.21. The van der Waals surface area contributed by atoms with Gasteiger partial charge in [-0.15, -0.1) is 0 Å². The van der Waals surface area contributed by atoms with Crippen LogP contribution in [0.5, 0.6) is 0 Å². The molecule has 90 valence electrons. The standard InChI is InChI=1S/C12H9N3.CH3NO/c13-15-14-12-9-5-4-8-11(12)10-6-2-1-3-7-10;2-1-3/h1-9H;1H,(H2,2,3). The van der Waals surface area contributed by atoms with Crippen molar-refractivity contribution in [3.8, 4) is 11.1 Å². The molecular formula is C13H12N4O. The third-order valence-corrected chi connectivity index (χ3v) is 2.14. The van der Waals surface area contributed by atoms with E-state index in [-0.39, 0.29) is 6.41 Å². The summed E-state index contributed by atoms with van der Waals surface area (Å²) in [4.78, 5) is 11.4. The van der Waals surface area contributed by atoms with E-state index in [0.29, 0.717) is 5.69 Å². The summed E-state index contributed by atoms with van der Waals surface area (Å²) in [6, 6.07) is 17.4. The van der Waals surface area contributed by atoms with Crippen LogP contribution in [-0.4, -0.2) is 6.41 Å². The maximum atomic E-state index is 8.58. The van der Waals surface area contributed by atoms with Crippen molar-refractivity contribution >= 4 is 12.1 Å². The quantitative estimate of drug-likeness (QED) is 0.370. The van der Waals surface area contributed by atoms with E-state index in [1.165, 1.54) is 0 Å². The zero-order valence-corrected chi connectivity index (χ0v) is 9.60. The highest BCUT2D eigenvalue weighted by molar-refractivity contribution is 5.75. The molecule has 2 aromatic rings. The van der Waals surface area contributed by atoms with Gasteiger partial charge < -0.3 is 5.73 Å². The molecule has 0 aliphatic heterocycles. The highest BCUT2D eigenvalue weighted by Crippen LogP contribution is 2.29. The van der Waals surface area contributed by atoms with Crippen LogP contribution in [0, 0.1) is 0 Å². The lowest BCUT2D eigenvalue weighted by Gasteiger charge is -2.03. The SMILES string of the molecule is NC=O.[N-]=[N+]=Nc1ccccc1-c1ccccc1. The van der Waals surface area contributed by atoms with Crippen molar-refractivity contribution in [2.24, 2.45) is 10.8 Å². The van der Waals surface area contributed by atoms with Crippen LogP contribution in [0.15, 0.2) is 59.7 Å². The van der Waals surface area contributed by atoms with Gasteiger partial charge in [-0.25, -0.2) is 0 Å². The van der Waals surface area contributed by atoms with Gasteiger partial charge in [0.25, 0.3) is 0 Å². The minimum absolute atomic E-state index is 0.250. The van der Waals surface area contributed by atoms with E-state index < -0.39 is 0 Å². The number of benzene rings is 2. The Labute approximate surface area is 104 Å². The normalized spacial score (nSPS) is 8.44. The van der Waals surface area contributed by atoms with Crippen LogP contribution in [0.2, 0.25) is 0 Å². The average molecular weight is 240 g/mol.